The van der Waals surface area contributed by atoms with Gasteiger partial charge in [-0.3, -0.25) is 9.59 Å². The molecule has 0 radical (unpaired) electrons. The van der Waals surface area contributed by atoms with E-state index in [0.29, 0.717) is 25.4 Å². The van der Waals surface area contributed by atoms with Crippen molar-refractivity contribution in [3.05, 3.63) is 0 Å². The maximum Gasteiger partial charge on any atom is 0.310 e. The third-order valence-corrected chi connectivity index (χ3v) is 2.85. The van der Waals surface area contributed by atoms with Crippen LogP contribution < -0.4 is 0 Å². The molecule has 0 aliphatic rings. The average Bonchev–Trinajstić information content (AvgIpc) is 2.31. The number of likely N-dealkylation sites (N-methyl/N-ethyl adjacent to an activating group) is 1. The second kappa shape index (κ2) is 8.91. The van der Waals surface area contributed by atoms with Gasteiger partial charge in [0.1, 0.15) is 0 Å². The molecule has 1 amide bonds. The second-order valence-corrected chi connectivity index (χ2v) is 5.67. The van der Waals surface area contributed by atoms with Gasteiger partial charge in [-0.2, -0.15) is 0 Å². The molecule has 1 unspecified atom stereocenters. The van der Waals surface area contributed by atoms with Crippen LogP contribution in [0.3, 0.4) is 0 Å². The molecule has 1 atom stereocenters. The minimum atomic E-state index is -0.289. The fourth-order valence-corrected chi connectivity index (χ4v) is 1.72. The van der Waals surface area contributed by atoms with Crippen LogP contribution in [0.1, 0.15) is 27.2 Å². The molecule has 0 rings (SSSR count). The van der Waals surface area contributed by atoms with Gasteiger partial charge >= 0.3 is 5.97 Å². The van der Waals surface area contributed by atoms with E-state index < -0.39 is 0 Å². The van der Waals surface area contributed by atoms with Gasteiger partial charge in [0.25, 0.3) is 0 Å². The van der Waals surface area contributed by atoms with Crippen molar-refractivity contribution in [2.45, 2.75) is 27.2 Å². The van der Waals surface area contributed by atoms with Crippen LogP contribution in [0.5, 0.6) is 0 Å². The monoisotopic (exact) mass is 272 g/mol. The molecule has 0 aliphatic heterocycles. The van der Waals surface area contributed by atoms with Crippen molar-refractivity contribution in [3.8, 4) is 0 Å². The number of methoxy groups -OCH3 is 1. The Balaban J connectivity index is 4.56. The molecule has 0 aromatic rings. The number of hydrogen-bond acceptors (Lipinski definition) is 4. The molecule has 19 heavy (non-hydrogen) atoms. The molecule has 112 valence electrons. The lowest BCUT2D eigenvalue weighted by Crippen LogP contribution is -2.41. The van der Waals surface area contributed by atoms with Crippen LogP contribution >= 0.6 is 0 Å². The van der Waals surface area contributed by atoms with E-state index in [-0.39, 0.29) is 17.8 Å². The fraction of sp³-hybridized carbons (Fsp3) is 0.857. The quantitative estimate of drug-likeness (QED) is 0.624. The summed E-state index contributed by atoms with van der Waals surface area (Å²) in [6, 6.07) is 0. The van der Waals surface area contributed by atoms with E-state index in [1.54, 1.807) is 11.8 Å². The van der Waals surface area contributed by atoms with Gasteiger partial charge in [0.05, 0.1) is 13.0 Å². The Morgan fingerprint density at radius 3 is 2.11 bits per heavy atom. The number of carbonyl (C=O) groups is 2. The number of ether oxygens (including phenoxy) is 1. The summed E-state index contributed by atoms with van der Waals surface area (Å²) in [5.74, 6) is -0.133. The van der Waals surface area contributed by atoms with E-state index in [2.05, 4.69) is 0 Å². The highest BCUT2D eigenvalue weighted by Crippen LogP contribution is 2.08. The number of hydrogen-bond donors (Lipinski definition) is 0. The minimum Gasteiger partial charge on any atom is -0.469 e. The summed E-state index contributed by atoms with van der Waals surface area (Å²) >= 11 is 0. The van der Waals surface area contributed by atoms with Gasteiger partial charge in [-0.15, -0.1) is 0 Å². The van der Waals surface area contributed by atoms with Gasteiger partial charge in [-0.05, 0) is 20.0 Å². The second-order valence-electron chi connectivity index (χ2n) is 5.67. The first kappa shape index (κ1) is 17.9. The first-order chi connectivity index (χ1) is 8.77. The molecule has 0 spiro atoms. The predicted molar refractivity (Wildman–Crippen MR) is 75.8 cm³/mol. The number of rotatable bonds is 8. The molecule has 0 aliphatic carbocycles. The summed E-state index contributed by atoms with van der Waals surface area (Å²) in [5, 5.41) is 0. The number of carbonyl (C=O) groups excluding carboxylic acids is 2. The Bertz CT molecular complexity index is 290. The molecule has 0 bridgehead atoms. The Morgan fingerprint density at radius 1 is 1.11 bits per heavy atom. The van der Waals surface area contributed by atoms with Gasteiger partial charge in [-0.25, -0.2) is 0 Å². The maximum absolute atomic E-state index is 12.2. The topological polar surface area (TPSA) is 49.9 Å². The standard InChI is InChI=1S/C14H28N2O3/c1-11(2)9-13(17)16(8-7-15(4)5)10-12(3)14(18)19-6/h11-12H,7-10H2,1-6H3. The van der Waals surface area contributed by atoms with Crippen molar-refractivity contribution in [1.82, 2.24) is 9.80 Å². The molecule has 0 aromatic carbocycles. The molecule has 0 saturated heterocycles. The third-order valence-electron chi connectivity index (χ3n) is 2.85. The number of nitrogens with zero attached hydrogens (tertiary/aromatic N) is 2. The Kier molecular flexibility index (Phi) is 8.39. The molecular weight excluding hydrogens is 244 g/mol. The highest BCUT2D eigenvalue weighted by atomic mass is 16.5. The zero-order chi connectivity index (χ0) is 15.0. The van der Waals surface area contributed by atoms with Gasteiger partial charge < -0.3 is 14.5 Å². The van der Waals surface area contributed by atoms with Crippen molar-refractivity contribution < 1.29 is 14.3 Å². The van der Waals surface area contributed by atoms with Crippen LogP contribution in [0.15, 0.2) is 0 Å². The van der Waals surface area contributed by atoms with Gasteiger partial charge in [0.15, 0.2) is 0 Å². The highest BCUT2D eigenvalue weighted by Gasteiger charge is 2.21. The molecule has 0 heterocycles. The van der Waals surface area contributed by atoms with E-state index in [0.717, 1.165) is 6.54 Å². The SMILES string of the molecule is COC(=O)C(C)CN(CCN(C)C)C(=O)CC(C)C. The van der Waals surface area contributed by atoms with E-state index in [1.807, 2.05) is 32.8 Å². The van der Waals surface area contributed by atoms with E-state index in [4.69, 9.17) is 4.74 Å². The lowest BCUT2D eigenvalue weighted by Gasteiger charge is -2.27. The summed E-state index contributed by atoms with van der Waals surface area (Å²) in [5.41, 5.74) is 0. The first-order valence-corrected chi connectivity index (χ1v) is 6.78. The van der Waals surface area contributed by atoms with Gasteiger partial charge in [0.2, 0.25) is 5.91 Å². The molecule has 5 nitrogen and oxygen atoms in total. The summed E-state index contributed by atoms with van der Waals surface area (Å²) in [4.78, 5) is 27.4. The molecule has 0 aromatic heterocycles. The van der Waals surface area contributed by atoms with Crippen molar-refractivity contribution >= 4 is 11.9 Å². The van der Waals surface area contributed by atoms with Crippen molar-refractivity contribution in [2.75, 3.05) is 40.8 Å². The Hall–Kier alpha value is -1.10. The molecule has 0 fully saturated rings. The van der Waals surface area contributed by atoms with Crippen LogP contribution in [-0.4, -0.2) is 62.5 Å². The predicted octanol–water partition coefficient (Wildman–Crippen LogP) is 1.23. The Morgan fingerprint density at radius 2 is 1.68 bits per heavy atom. The van der Waals surface area contributed by atoms with E-state index in [9.17, 15) is 9.59 Å². The van der Waals surface area contributed by atoms with Gasteiger partial charge in [-0.1, -0.05) is 20.8 Å². The zero-order valence-corrected chi connectivity index (χ0v) is 13.1. The fourth-order valence-electron chi connectivity index (χ4n) is 1.72. The van der Waals surface area contributed by atoms with Crippen LogP contribution in [0.4, 0.5) is 0 Å². The highest BCUT2D eigenvalue weighted by molar-refractivity contribution is 5.78. The van der Waals surface area contributed by atoms with Crippen molar-refractivity contribution in [3.63, 3.8) is 0 Å². The summed E-state index contributed by atoms with van der Waals surface area (Å²) in [6.45, 7) is 7.68. The molecule has 0 saturated carbocycles. The van der Waals surface area contributed by atoms with Crippen molar-refractivity contribution in [2.24, 2.45) is 11.8 Å². The smallest absolute Gasteiger partial charge is 0.310 e. The van der Waals surface area contributed by atoms with Crippen LogP contribution in [0.25, 0.3) is 0 Å². The first-order valence-electron chi connectivity index (χ1n) is 6.78. The number of esters is 1. The summed E-state index contributed by atoms with van der Waals surface area (Å²) in [6.07, 6.45) is 0.515. The Labute approximate surface area is 116 Å². The number of amides is 1. The minimum absolute atomic E-state index is 0.104. The van der Waals surface area contributed by atoms with Gasteiger partial charge in [0, 0.05) is 26.1 Å². The lowest BCUT2D eigenvalue weighted by molar-refractivity contribution is -0.146. The third kappa shape index (κ3) is 7.82. The molecule has 0 N–H and O–H groups in total. The average molecular weight is 272 g/mol. The molecule has 5 heteroatoms. The van der Waals surface area contributed by atoms with E-state index in [1.165, 1.54) is 7.11 Å². The van der Waals surface area contributed by atoms with Crippen molar-refractivity contribution in [1.29, 1.82) is 0 Å². The van der Waals surface area contributed by atoms with Crippen LogP contribution in [0, 0.1) is 11.8 Å². The summed E-state index contributed by atoms with van der Waals surface area (Å²) < 4.78 is 4.71. The largest absolute Gasteiger partial charge is 0.469 e. The van der Waals surface area contributed by atoms with E-state index >= 15 is 0 Å². The zero-order valence-electron chi connectivity index (χ0n) is 13.1. The van der Waals surface area contributed by atoms with Crippen LogP contribution in [-0.2, 0) is 14.3 Å². The normalized spacial score (nSPS) is 12.6. The van der Waals surface area contributed by atoms with Crippen LogP contribution in [0.2, 0.25) is 0 Å². The maximum atomic E-state index is 12.2. The molecular formula is C14H28N2O3. The summed E-state index contributed by atoms with van der Waals surface area (Å²) in [7, 11) is 5.31. The lowest BCUT2D eigenvalue weighted by atomic mass is 10.1.